The summed E-state index contributed by atoms with van der Waals surface area (Å²) in [5.74, 6) is -0.377. The van der Waals surface area contributed by atoms with Gasteiger partial charge in [0.05, 0.1) is 0 Å². The van der Waals surface area contributed by atoms with Crippen molar-refractivity contribution in [1.82, 2.24) is 25.3 Å². The lowest BCUT2D eigenvalue weighted by molar-refractivity contribution is -0.141. The van der Waals surface area contributed by atoms with Gasteiger partial charge in [0.25, 0.3) is 0 Å². The molecule has 0 aliphatic carbocycles. The van der Waals surface area contributed by atoms with Gasteiger partial charge in [-0.3, -0.25) is 14.6 Å². The first-order chi connectivity index (χ1) is 13.6. The summed E-state index contributed by atoms with van der Waals surface area (Å²) in [6.45, 7) is 4.19. The van der Waals surface area contributed by atoms with Crippen molar-refractivity contribution in [3.05, 3.63) is 29.9 Å². The highest BCUT2D eigenvalue weighted by Gasteiger charge is 2.33. The van der Waals surface area contributed by atoms with Crippen molar-refractivity contribution in [1.29, 1.82) is 0 Å². The molecule has 29 heavy (non-hydrogen) atoms. The van der Waals surface area contributed by atoms with Gasteiger partial charge in [0.15, 0.2) is 0 Å². The number of halogens is 3. The van der Waals surface area contributed by atoms with Crippen LogP contribution in [0.5, 0.6) is 0 Å². The Balaban J connectivity index is 1.63. The molecule has 0 spiro atoms. The van der Waals surface area contributed by atoms with Crippen molar-refractivity contribution in [2.75, 3.05) is 13.1 Å². The van der Waals surface area contributed by atoms with Crippen molar-refractivity contribution < 1.29 is 27.3 Å². The lowest BCUT2D eigenvalue weighted by atomic mass is 9.95. The molecule has 2 amide bonds. The van der Waals surface area contributed by atoms with E-state index >= 15 is 0 Å². The Morgan fingerprint density at radius 3 is 2.62 bits per heavy atom. The fourth-order valence-corrected chi connectivity index (χ4v) is 3.10. The molecule has 1 saturated heterocycles. The van der Waals surface area contributed by atoms with Gasteiger partial charge in [-0.25, -0.2) is 0 Å². The maximum absolute atomic E-state index is 12.8. The zero-order valence-electron chi connectivity index (χ0n) is 15.9. The molecule has 8 nitrogen and oxygen atoms in total. The summed E-state index contributed by atoms with van der Waals surface area (Å²) in [4.78, 5) is 32.9. The number of carbonyl (C=O) groups excluding carboxylic acids is 2. The summed E-state index contributed by atoms with van der Waals surface area (Å²) in [5, 5.41) is 6.48. The topological polar surface area (TPSA) is 101 Å². The van der Waals surface area contributed by atoms with Gasteiger partial charge >= 0.3 is 6.18 Å². The maximum atomic E-state index is 12.8. The first-order valence-electron chi connectivity index (χ1n) is 9.08. The standard InChI is InChI=1S/C18H20F3N5O3/c1-10(23-16(28)12-4-7-26(8-5-12)11(2)27)17-24-15(25-29-17)13-3-6-22-14(9-13)18(19,20)21/h3,6,9-10,12H,4-5,7-8H2,1-2H3,(H,23,28). The van der Waals surface area contributed by atoms with Gasteiger partial charge in [0.1, 0.15) is 11.7 Å². The van der Waals surface area contributed by atoms with Crippen molar-refractivity contribution in [3.8, 4) is 11.4 Å². The number of alkyl halides is 3. The number of amides is 2. The molecular weight excluding hydrogens is 391 g/mol. The van der Waals surface area contributed by atoms with E-state index in [-0.39, 0.29) is 35.0 Å². The number of nitrogens with zero attached hydrogens (tertiary/aromatic N) is 4. The summed E-state index contributed by atoms with van der Waals surface area (Å²) < 4.78 is 43.5. The molecular formula is C18H20F3N5O3. The van der Waals surface area contributed by atoms with Crippen LogP contribution in [0, 0.1) is 5.92 Å². The van der Waals surface area contributed by atoms with Crippen LogP contribution < -0.4 is 5.32 Å². The second-order valence-electron chi connectivity index (χ2n) is 6.89. The van der Waals surface area contributed by atoms with Crippen LogP contribution in [0.2, 0.25) is 0 Å². The van der Waals surface area contributed by atoms with Crippen molar-refractivity contribution in [2.45, 2.75) is 38.9 Å². The number of rotatable bonds is 4. The maximum Gasteiger partial charge on any atom is 0.433 e. The summed E-state index contributed by atoms with van der Waals surface area (Å²) in [7, 11) is 0. The van der Waals surface area contributed by atoms with E-state index in [1.165, 1.54) is 13.0 Å². The lowest BCUT2D eigenvalue weighted by Crippen LogP contribution is -2.42. The fourth-order valence-electron chi connectivity index (χ4n) is 3.10. The van der Waals surface area contributed by atoms with Crippen LogP contribution in [0.3, 0.4) is 0 Å². The van der Waals surface area contributed by atoms with Crippen molar-refractivity contribution in [3.63, 3.8) is 0 Å². The van der Waals surface area contributed by atoms with Gasteiger partial charge in [-0.1, -0.05) is 5.16 Å². The average Bonchev–Trinajstić information content (AvgIpc) is 3.18. The Kier molecular flexibility index (Phi) is 5.85. The predicted molar refractivity (Wildman–Crippen MR) is 94.1 cm³/mol. The Bertz CT molecular complexity index is 891. The summed E-state index contributed by atoms with van der Waals surface area (Å²) in [6, 6.07) is 1.56. The predicted octanol–water partition coefficient (Wildman–Crippen LogP) is 2.59. The van der Waals surface area contributed by atoms with Gasteiger partial charge in [0, 0.05) is 37.7 Å². The number of aromatic nitrogens is 3. The minimum atomic E-state index is -4.58. The van der Waals surface area contributed by atoms with E-state index in [1.807, 2.05) is 0 Å². The van der Waals surface area contributed by atoms with Gasteiger partial charge in [-0.15, -0.1) is 0 Å². The number of hydrogen-bond donors (Lipinski definition) is 1. The highest BCUT2D eigenvalue weighted by atomic mass is 19.4. The fraction of sp³-hybridized carbons (Fsp3) is 0.500. The van der Waals surface area contributed by atoms with E-state index in [2.05, 4.69) is 20.4 Å². The van der Waals surface area contributed by atoms with Crippen LogP contribution in [0.25, 0.3) is 11.4 Å². The van der Waals surface area contributed by atoms with E-state index in [1.54, 1.807) is 11.8 Å². The highest BCUT2D eigenvalue weighted by molar-refractivity contribution is 5.79. The molecule has 11 heteroatoms. The summed E-state index contributed by atoms with van der Waals surface area (Å²) >= 11 is 0. The van der Waals surface area contributed by atoms with E-state index < -0.39 is 17.9 Å². The molecule has 3 heterocycles. The molecule has 0 radical (unpaired) electrons. The van der Waals surface area contributed by atoms with E-state index in [4.69, 9.17) is 4.52 Å². The SMILES string of the molecule is CC(=O)N1CCC(C(=O)NC(C)c2nc(-c3ccnc(C(F)(F)F)c3)no2)CC1. The average molecular weight is 411 g/mol. The molecule has 0 bridgehead atoms. The number of piperidine rings is 1. The molecule has 2 aromatic rings. The minimum Gasteiger partial charge on any atom is -0.344 e. The molecule has 3 rings (SSSR count). The summed E-state index contributed by atoms with van der Waals surface area (Å²) in [5.41, 5.74) is -0.947. The van der Waals surface area contributed by atoms with E-state index in [0.717, 1.165) is 12.3 Å². The van der Waals surface area contributed by atoms with Crippen LogP contribution in [0.15, 0.2) is 22.9 Å². The number of pyridine rings is 1. The van der Waals surface area contributed by atoms with Crippen molar-refractivity contribution in [2.24, 2.45) is 5.92 Å². The molecule has 1 N–H and O–H groups in total. The number of hydrogen-bond acceptors (Lipinski definition) is 6. The zero-order valence-corrected chi connectivity index (χ0v) is 15.9. The van der Waals surface area contributed by atoms with E-state index in [9.17, 15) is 22.8 Å². The van der Waals surface area contributed by atoms with Gasteiger partial charge < -0.3 is 14.7 Å². The Hall–Kier alpha value is -2.98. The molecule has 156 valence electrons. The third kappa shape index (κ3) is 4.90. The molecule has 1 aliphatic rings. The molecule has 2 aromatic heterocycles. The van der Waals surface area contributed by atoms with Gasteiger partial charge in [0.2, 0.25) is 23.5 Å². The van der Waals surface area contributed by atoms with Crippen LogP contribution in [0.4, 0.5) is 13.2 Å². The van der Waals surface area contributed by atoms with Crippen molar-refractivity contribution >= 4 is 11.8 Å². The largest absolute Gasteiger partial charge is 0.433 e. The Morgan fingerprint density at radius 2 is 2.00 bits per heavy atom. The number of likely N-dealkylation sites (tertiary alicyclic amines) is 1. The normalized spacial score (nSPS) is 16.5. The van der Waals surface area contributed by atoms with Gasteiger partial charge in [-0.2, -0.15) is 18.2 Å². The van der Waals surface area contributed by atoms with Crippen LogP contribution in [0.1, 0.15) is 44.3 Å². The Labute approximate surface area is 164 Å². The van der Waals surface area contributed by atoms with Gasteiger partial charge in [-0.05, 0) is 31.9 Å². The molecule has 0 aromatic carbocycles. The first kappa shape index (κ1) is 20.7. The monoisotopic (exact) mass is 411 g/mol. The second-order valence-corrected chi connectivity index (χ2v) is 6.89. The van der Waals surface area contributed by atoms with E-state index in [0.29, 0.717) is 25.9 Å². The third-order valence-electron chi connectivity index (χ3n) is 4.79. The Morgan fingerprint density at radius 1 is 1.31 bits per heavy atom. The quantitative estimate of drug-likeness (QED) is 0.830. The zero-order chi connectivity index (χ0) is 21.2. The molecule has 1 aliphatic heterocycles. The number of nitrogens with one attached hydrogen (secondary N) is 1. The lowest BCUT2D eigenvalue weighted by Gasteiger charge is -2.30. The molecule has 0 saturated carbocycles. The first-order valence-corrected chi connectivity index (χ1v) is 9.08. The molecule has 1 unspecified atom stereocenters. The minimum absolute atomic E-state index is 0.0135. The second kappa shape index (κ2) is 8.18. The smallest absolute Gasteiger partial charge is 0.344 e. The number of carbonyl (C=O) groups is 2. The molecule has 1 fully saturated rings. The van der Waals surface area contributed by atoms with Crippen LogP contribution in [-0.2, 0) is 15.8 Å². The molecule has 1 atom stereocenters. The summed E-state index contributed by atoms with van der Waals surface area (Å²) in [6.07, 6.45) is -2.44. The highest BCUT2D eigenvalue weighted by Crippen LogP contribution is 2.30. The third-order valence-corrected chi connectivity index (χ3v) is 4.79. The van der Waals surface area contributed by atoms with Crippen LogP contribution >= 0.6 is 0 Å². The van der Waals surface area contributed by atoms with Crippen LogP contribution in [-0.4, -0.2) is 44.9 Å².